The molecule has 5 nitrogen and oxygen atoms in total. The minimum absolute atomic E-state index is 0.0723. The van der Waals surface area contributed by atoms with E-state index in [9.17, 15) is 9.59 Å². The molecule has 1 aliphatic rings. The third kappa shape index (κ3) is 3.04. The summed E-state index contributed by atoms with van der Waals surface area (Å²) >= 11 is 0. The summed E-state index contributed by atoms with van der Waals surface area (Å²) in [4.78, 5) is 34.5. The van der Waals surface area contributed by atoms with Crippen LogP contribution in [0.25, 0.3) is 11.3 Å². The van der Waals surface area contributed by atoms with Crippen LogP contribution < -0.4 is 5.56 Å². The molecular formula is C21H19N3O2. The first-order valence-corrected chi connectivity index (χ1v) is 8.75. The molecule has 0 saturated carbocycles. The first kappa shape index (κ1) is 16.3. The number of hydrogen-bond donors (Lipinski definition) is 1. The van der Waals surface area contributed by atoms with E-state index in [0.29, 0.717) is 12.2 Å². The maximum atomic E-state index is 13.0. The summed E-state index contributed by atoms with van der Waals surface area (Å²) in [6, 6.07) is 18.6. The lowest BCUT2D eigenvalue weighted by Crippen LogP contribution is -2.34. The summed E-state index contributed by atoms with van der Waals surface area (Å²) < 4.78 is 0. The lowest BCUT2D eigenvalue weighted by molar-refractivity contribution is 0.0731. The number of aromatic nitrogens is 2. The second kappa shape index (κ2) is 6.96. The SMILES string of the molecule is O=C(c1ccc(-c2ccccc2)[nH]c1=O)N1CCCC1c1ccccn1. The Labute approximate surface area is 151 Å². The van der Waals surface area contributed by atoms with Crippen molar-refractivity contribution in [2.45, 2.75) is 18.9 Å². The van der Waals surface area contributed by atoms with E-state index in [4.69, 9.17) is 0 Å². The monoisotopic (exact) mass is 345 g/mol. The van der Waals surface area contributed by atoms with Crippen LogP contribution in [0.1, 0.15) is 34.9 Å². The molecule has 1 aromatic carbocycles. The van der Waals surface area contributed by atoms with Gasteiger partial charge in [0.1, 0.15) is 5.56 Å². The average Bonchev–Trinajstić information content (AvgIpc) is 3.19. The molecule has 1 saturated heterocycles. The van der Waals surface area contributed by atoms with Crippen molar-refractivity contribution in [2.75, 3.05) is 6.54 Å². The molecule has 0 radical (unpaired) electrons. The lowest BCUT2D eigenvalue weighted by atomic mass is 10.1. The molecule has 1 N–H and O–H groups in total. The molecule has 3 aromatic rings. The number of aromatic amines is 1. The number of hydrogen-bond acceptors (Lipinski definition) is 3. The van der Waals surface area contributed by atoms with Crippen LogP contribution in [0.3, 0.4) is 0 Å². The molecule has 0 bridgehead atoms. The average molecular weight is 345 g/mol. The van der Waals surface area contributed by atoms with E-state index in [-0.39, 0.29) is 23.1 Å². The number of amides is 1. The first-order valence-electron chi connectivity index (χ1n) is 8.75. The van der Waals surface area contributed by atoms with E-state index in [2.05, 4.69) is 9.97 Å². The molecule has 1 atom stereocenters. The van der Waals surface area contributed by atoms with Gasteiger partial charge < -0.3 is 9.88 Å². The Morgan fingerprint density at radius 2 is 1.85 bits per heavy atom. The zero-order chi connectivity index (χ0) is 17.9. The Morgan fingerprint density at radius 1 is 1.04 bits per heavy atom. The van der Waals surface area contributed by atoms with Crippen LogP contribution in [0.15, 0.2) is 71.7 Å². The molecule has 130 valence electrons. The van der Waals surface area contributed by atoms with E-state index in [1.807, 2.05) is 48.5 Å². The highest BCUT2D eigenvalue weighted by molar-refractivity contribution is 5.94. The number of nitrogens with one attached hydrogen (secondary N) is 1. The van der Waals surface area contributed by atoms with Crippen molar-refractivity contribution in [3.8, 4) is 11.3 Å². The molecular weight excluding hydrogens is 326 g/mol. The van der Waals surface area contributed by atoms with Gasteiger partial charge in [-0.2, -0.15) is 0 Å². The Morgan fingerprint density at radius 3 is 2.58 bits per heavy atom. The van der Waals surface area contributed by atoms with E-state index in [0.717, 1.165) is 24.1 Å². The van der Waals surface area contributed by atoms with Gasteiger partial charge in [0, 0.05) is 18.4 Å². The number of pyridine rings is 2. The van der Waals surface area contributed by atoms with Gasteiger partial charge in [0.25, 0.3) is 11.5 Å². The van der Waals surface area contributed by atoms with Gasteiger partial charge in [-0.3, -0.25) is 14.6 Å². The summed E-state index contributed by atoms with van der Waals surface area (Å²) in [5.74, 6) is -0.237. The minimum Gasteiger partial charge on any atom is -0.330 e. The first-order chi connectivity index (χ1) is 12.7. The number of rotatable bonds is 3. The molecule has 5 heteroatoms. The third-order valence-electron chi connectivity index (χ3n) is 4.77. The van der Waals surface area contributed by atoms with Crippen LogP contribution in [0.2, 0.25) is 0 Å². The van der Waals surface area contributed by atoms with Crippen LogP contribution in [0.4, 0.5) is 0 Å². The number of carbonyl (C=O) groups is 1. The molecule has 2 aromatic heterocycles. The maximum Gasteiger partial charge on any atom is 0.261 e. The van der Waals surface area contributed by atoms with Crippen molar-refractivity contribution in [3.05, 3.63) is 88.5 Å². The van der Waals surface area contributed by atoms with Crippen LogP contribution in [0.5, 0.6) is 0 Å². The zero-order valence-corrected chi connectivity index (χ0v) is 14.3. The van der Waals surface area contributed by atoms with Crippen molar-refractivity contribution in [2.24, 2.45) is 0 Å². The van der Waals surface area contributed by atoms with Crippen molar-refractivity contribution in [3.63, 3.8) is 0 Å². The number of carbonyl (C=O) groups excluding carboxylic acids is 1. The van der Waals surface area contributed by atoms with Crippen molar-refractivity contribution < 1.29 is 4.79 Å². The maximum absolute atomic E-state index is 13.0. The Balaban J connectivity index is 1.63. The highest BCUT2D eigenvalue weighted by Crippen LogP contribution is 2.31. The highest BCUT2D eigenvalue weighted by Gasteiger charge is 2.32. The predicted octanol–water partition coefficient (Wildman–Crippen LogP) is 3.41. The van der Waals surface area contributed by atoms with Gasteiger partial charge in [0.05, 0.1) is 11.7 Å². The molecule has 0 aliphatic carbocycles. The second-order valence-corrected chi connectivity index (χ2v) is 6.39. The van der Waals surface area contributed by atoms with Gasteiger partial charge in [-0.15, -0.1) is 0 Å². The third-order valence-corrected chi connectivity index (χ3v) is 4.77. The summed E-state index contributed by atoms with van der Waals surface area (Å²) in [6.45, 7) is 0.639. The molecule has 1 amide bonds. The van der Waals surface area contributed by atoms with E-state index in [1.165, 1.54) is 0 Å². The number of benzene rings is 1. The number of nitrogens with zero attached hydrogens (tertiary/aromatic N) is 2. The normalized spacial score (nSPS) is 16.6. The van der Waals surface area contributed by atoms with Gasteiger partial charge in [0.15, 0.2) is 0 Å². The van der Waals surface area contributed by atoms with Crippen LogP contribution in [-0.2, 0) is 0 Å². The fraction of sp³-hybridized carbons (Fsp3) is 0.190. The standard InChI is InChI=1S/C21H19N3O2/c25-20-16(11-12-17(23-20)15-7-2-1-3-8-15)21(26)24-14-6-10-19(24)18-9-4-5-13-22-18/h1-5,7-9,11-13,19H,6,10,14H2,(H,23,25). The van der Waals surface area contributed by atoms with E-state index >= 15 is 0 Å². The smallest absolute Gasteiger partial charge is 0.261 e. The summed E-state index contributed by atoms with van der Waals surface area (Å²) in [7, 11) is 0. The lowest BCUT2D eigenvalue weighted by Gasteiger charge is -2.24. The summed E-state index contributed by atoms with van der Waals surface area (Å²) in [6.07, 6.45) is 3.51. The fourth-order valence-corrected chi connectivity index (χ4v) is 3.47. The van der Waals surface area contributed by atoms with Crippen molar-refractivity contribution in [1.82, 2.24) is 14.9 Å². The molecule has 3 heterocycles. The van der Waals surface area contributed by atoms with Crippen LogP contribution in [-0.4, -0.2) is 27.3 Å². The molecule has 0 spiro atoms. The van der Waals surface area contributed by atoms with Gasteiger partial charge >= 0.3 is 0 Å². The Kier molecular flexibility index (Phi) is 4.35. The Bertz CT molecular complexity index is 967. The summed E-state index contributed by atoms with van der Waals surface area (Å²) in [5.41, 5.74) is 2.30. The largest absolute Gasteiger partial charge is 0.330 e. The highest BCUT2D eigenvalue weighted by atomic mass is 16.2. The fourth-order valence-electron chi connectivity index (χ4n) is 3.47. The van der Waals surface area contributed by atoms with Gasteiger partial charge in [-0.05, 0) is 42.7 Å². The summed E-state index contributed by atoms with van der Waals surface area (Å²) in [5, 5.41) is 0. The quantitative estimate of drug-likeness (QED) is 0.791. The predicted molar refractivity (Wildman–Crippen MR) is 99.7 cm³/mol. The van der Waals surface area contributed by atoms with Crippen molar-refractivity contribution >= 4 is 5.91 Å². The number of H-pyrrole nitrogens is 1. The van der Waals surface area contributed by atoms with Gasteiger partial charge in [-0.25, -0.2) is 0 Å². The molecule has 1 aliphatic heterocycles. The Hall–Kier alpha value is -3.21. The van der Waals surface area contributed by atoms with Gasteiger partial charge in [-0.1, -0.05) is 36.4 Å². The number of likely N-dealkylation sites (tertiary alicyclic amines) is 1. The zero-order valence-electron chi connectivity index (χ0n) is 14.3. The molecule has 4 rings (SSSR count). The second-order valence-electron chi connectivity index (χ2n) is 6.39. The van der Waals surface area contributed by atoms with Crippen LogP contribution >= 0.6 is 0 Å². The topological polar surface area (TPSA) is 66.1 Å². The minimum atomic E-state index is -0.358. The van der Waals surface area contributed by atoms with Gasteiger partial charge in [0.2, 0.25) is 0 Å². The molecule has 1 unspecified atom stereocenters. The molecule has 26 heavy (non-hydrogen) atoms. The van der Waals surface area contributed by atoms with Crippen LogP contribution in [0, 0.1) is 0 Å². The van der Waals surface area contributed by atoms with E-state index < -0.39 is 0 Å². The molecule has 1 fully saturated rings. The van der Waals surface area contributed by atoms with Crippen molar-refractivity contribution in [1.29, 1.82) is 0 Å². The van der Waals surface area contributed by atoms with E-state index in [1.54, 1.807) is 23.2 Å².